The molecule has 0 bridgehead atoms. The van der Waals surface area contributed by atoms with Crippen molar-refractivity contribution in [1.82, 2.24) is 24.4 Å². The molecular weight excluding hydrogens is 683 g/mol. The second kappa shape index (κ2) is 17.0. The van der Waals surface area contributed by atoms with Gasteiger partial charge in [0.2, 0.25) is 5.95 Å². The fourth-order valence-electron chi connectivity index (χ4n) is 6.73. The molecule has 4 heterocycles. The summed E-state index contributed by atoms with van der Waals surface area (Å²) < 4.78 is 47.1. The van der Waals surface area contributed by atoms with Crippen LogP contribution in [0.15, 0.2) is 6.33 Å². The molecule has 4 atom stereocenters. The molecule has 2 aliphatic rings. The van der Waals surface area contributed by atoms with Crippen molar-refractivity contribution >= 4 is 51.9 Å². The third kappa shape index (κ3) is 8.45. The van der Waals surface area contributed by atoms with Gasteiger partial charge in [0.05, 0.1) is 19.5 Å². The molecular formula is C32H57N7O9Si2. The van der Waals surface area contributed by atoms with Gasteiger partial charge in [-0.15, -0.1) is 0 Å². The lowest BCUT2D eigenvalue weighted by Gasteiger charge is -2.51. The Bertz CT molecular complexity index is 1440. The van der Waals surface area contributed by atoms with Crippen LogP contribution in [0.4, 0.5) is 11.8 Å². The maximum Gasteiger partial charge on any atom is 0.335 e. The number of aromatic nitrogens is 4. The van der Waals surface area contributed by atoms with Gasteiger partial charge in [0, 0.05) is 20.8 Å². The number of hydrogen-bond donors (Lipinski definition) is 2. The number of anilines is 2. The van der Waals surface area contributed by atoms with Crippen molar-refractivity contribution < 1.29 is 41.5 Å². The van der Waals surface area contributed by atoms with Crippen LogP contribution < -0.4 is 10.6 Å². The Morgan fingerprint density at radius 3 is 2.10 bits per heavy atom. The number of fused-ring (bicyclic) bond motifs is 2. The molecule has 2 saturated heterocycles. The highest BCUT2D eigenvalue weighted by Gasteiger charge is 2.62. The SMILES string of the molecule is COCC(=O)Nc1nc(NC(=O)COC)c2ncn([C@@H]3O[C@@H]4CO[Si](C(C)C)(C(C)C)O[Si](C(C)C)(C(C)C)O[C@H]4[C@H]3OCCN(C)C)c2n1. The maximum absolute atomic E-state index is 12.6. The minimum Gasteiger partial charge on any atom is -0.414 e. The van der Waals surface area contributed by atoms with E-state index in [0.717, 1.165) is 0 Å². The number of methoxy groups -OCH3 is 2. The molecule has 0 saturated carbocycles. The van der Waals surface area contributed by atoms with Crippen LogP contribution in [0.25, 0.3) is 11.2 Å². The van der Waals surface area contributed by atoms with Crippen molar-refractivity contribution in [2.24, 2.45) is 0 Å². The summed E-state index contributed by atoms with van der Waals surface area (Å²) in [4.78, 5) is 40.8. The second-order valence-electron chi connectivity index (χ2n) is 14.4. The minimum atomic E-state index is -3.01. The number of carbonyl (C=O) groups is 2. The zero-order valence-electron chi connectivity index (χ0n) is 31.6. The third-order valence-corrected chi connectivity index (χ3v) is 19.5. The Balaban J connectivity index is 1.87. The van der Waals surface area contributed by atoms with Crippen LogP contribution in [0.5, 0.6) is 0 Å². The summed E-state index contributed by atoms with van der Waals surface area (Å²) in [5, 5.41) is 5.36. The van der Waals surface area contributed by atoms with Crippen molar-refractivity contribution in [3.8, 4) is 0 Å². The van der Waals surface area contributed by atoms with Gasteiger partial charge in [-0.2, -0.15) is 9.97 Å². The van der Waals surface area contributed by atoms with Crippen molar-refractivity contribution in [2.45, 2.75) is 102 Å². The van der Waals surface area contributed by atoms with Gasteiger partial charge in [-0.05, 0) is 36.3 Å². The summed E-state index contributed by atoms with van der Waals surface area (Å²) in [7, 11) is 0.961. The second-order valence-corrected chi connectivity index (χ2v) is 23.3. The quantitative estimate of drug-likeness (QED) is 0.253. The molecule has 2 N–H and O–H groups in total. The number of likely N-dealkylation sites (N-methyl/N-ethyl adjacent to an activating group) is 1. The molecule has 2 amide bonds. The molecule has 18 heteroatoms. The Hall–Kier alpha value is -2.40. The van der Waals surface area contributed by atoms with E-state index in [1.807, 2.05) is 19.0 Å². The topological polar surface area (TPSA) is 170 Å². The number of carbonyl (C=O) groups excluding carboxylic acids is 2. The largest absolute Gasteiger partial charge is 0.414 e. The number of rotatable bonds is 15. The molecule has 50 heavy (non-hydrogen) atoms. The lowest BCUT2D eigenvalue weighted by atomic mass is 10.1. The van der Waals surface area contributed by atoms with Gasteiger partial charge in [-0.1, -0.05) is 55.4 Å². The first-order valence-corrected chi connectivity index (χ1v) is 21.3. The zero-order valence-corrected chi connectivity index (χ0v) is 33.6. The molecule has 2 aromatic heterocycles. The van der Waals surface area contributed by atoms with Gasteiger partial charge >= 0.3 is 17.1 Å². The highest BCUT2D eigenvalue weighted by Crippen LogP contribution is 2.49. The molecule has 16 nitrogen and oxygen atoms in total. The van der Waals surface area contributed by atoms with Gasteiger partial charge in [0.25, 0.3) is 11.8 Å². The van der Waals surface area contributed by atoms with E-state index in [9.17, 15) is 9.59 Å². The van der Waals surface area contributed by atoms with E-state index in [-0.39, 0.29) is 53.8 Å². The van der Waals surface area contributed by atoms with E-state index < -0.39 is 53.5 Å². The Labute approximate surface area is 297 Å². The lowest BCUT2D eigenvalue weighted by molar-refractivity contribution is -0.120. The first-order chi connectivity index (χ1) is 23.6. The Kier molecular flexibility index (Phi) is 13.7. The number of nitrogens with zero attached hydrogens (tertiary/aromatic N) is 5. The van der Waals surface area contributed by atoms with Crippen LogP contribution in [-0.4, -0.2) is 133 Å². The summed E-state index contributed by atoms with van der Waals surface area (Å²) in [5.74, 6) is -0.869. The van der Waals surface area contributed by atoms with E-state index in [1.165, 1.54) is 14.2 Å². The van der Waals surface area contributed by atoms with Crippen LogP contribution >= 0.6 is 0 Å². The van der Waals surface area contributed by atoms with Gasteiger partial charge in [-0.25, -0.2) is 4.98 Å². The van der Waals surface area contributed by atoms with Gasteiger partial charge in [0.1, 0.15) is 31.5 Å². The molecule has 0 unspecified atom stereocenters. The average molecular weight is 740 g/mol. The molecule has 282 valence electrons. The summed E-state index contributed by atoms with van der Waals surface area (Å²) in [6, 6.07) is 0. The Morgan fingerprint density at radius 2 is 1.54 bits per heavy atom. The fourth-order valence-corrected chi connectivity index (χ4v) is 17.9. The lowest BCUT2D eigenvalue weighted by Crippen LogP contribution is -2.66. The number of hydrogen-bond acceptors (Lipinski definition) is 13. The maximum atomic E-state index is 12.6. The third-order valence-electron chi connectivity index (χ3n) is 9.22. The zero-order chi connectivity index (χ0) is 37.0. The highest BCUT2D eigenvalue weighted by molar-refractivity contribution is 6.84. The predicted molar refractivity (Wildman–Crippen MR) is 192 cm³/mol. The van der Waals surface area contributed by atoms with E-state index in [2.05, 4.69) is 81.0 Å². The number of nitrogens with one attached hydrogen (secondary N) is 2. The molecule has 0 spiro atoms. The first kappa shape index (κ1) is 40.4. The molecule has 0 aromatic carbocycles. The molecule has 2 fully saturated rings. The first-order valence-electron chi connectivity index (χ1n) is 17.4. The van der Waals surface area contributed by atoms with Crippen molar-refractivity contribution in [2.75, 3.05) is 71.9 Å². The van der Waals surface area contributed by atoms with E-state index in [0.29, 0.717) is 24.3 Å². The number of imidazole rings is 1. The van der Waals surface area contributed by atoms with E-state index >= 15 is 0 Å². The van der Waals surface area contributed by atoms with Crippen LogP contribution in [-0.2, 0) is 41.5 Å². The molecule has 2 aliphatic heterocycles. The van der Waals surface area contributed by atoms with Crippen LogP contribution in [0.2, 0.25) is 22.2 Å². The van der Waals surface area contributed by atoms with Gasteiger partial charge in [0.15, 0.2) is 23.2 Å². The van der Waals surface area contributed by atoms with Crippen LogP contribution in [0.1, 0.15) is 61.6 Å². The van der Waals surface area contributed by atoms with Crippen molar-refractivity contribution in [3.63, 3.8) is 0 Å². The summed E-state index contributed by atoms with van der Waals surface area (Å²) >= 11 is 0. The van der Waals surface area contributed by atoms with Gasteiger partial charge < -0.3 is 42.1 Å². The summed E-state index contributed by atoms with van der Waals surface area (Å²) in [5.41, 5.74) is 1.15. The van der Waals surface area contributed by atoms with Gasteiger partial charge in [-0.3, -0.25) is 19.5 Å². The fraction of sp³-hybridized carbons (Fsp3) is 0.781. The smallest absolute Gasteiger partial charge is 0.335 e. The average Bonchev–Trinajstić information content (AvgIpc) is 3.57. The summed E-state index contributed by atoms with van der Waals surface area (Å²) in [6.45, 7) is 18.3. The number of amides is 2. The predicted octanol–water partition coefficient (Wildman–Crippen LogP) is 3.80. The van der Waals surface area contributed by atoms with Crippen molar-refractivity contribution in [1.29, 1.82) is 0 Å². The monoisotopic (exact) mass is 739 g/mol. The van der Waals surface area contributed by atoms with Crippen molar-refractivity contribution in [3.05, 3.63) is 6.33 Å². The standard InChI is InChI=1S/C32H57N7O9Si2/c1-19(2)49(20(3)4)45-15-23-27(47-50(48-49,21(5)6)22(7)8)28(44-14-13-38(9)10)31(46-23)39-18-33-26-29(34-24(40)16-42-11)36-32(37-30(26)39)35-25(41)17-43-12/h18-23,27-28,31H,13-17H2,1-12H3,(H2,34,35,36,37,40,41)/t23-,27-,28-,31-/m1/s1. The molecule has 2 aromatic rings. The van der Waals surface area contributed by atoms with E-state index in [4.69, 9.17) is 31.9 Å². The minimum absolute atomic E-state index is 0.0493. The molecule has 0 radical (unpaired) electrons. The molecule has 4 rings (SSSR count). The highest BCUT2D eigenvalue weighted by atomic mass is 28.5. The Morgan fingerprint density at radius 1 is 0.940 bits per heavy atom. The van der Waals surface area contributed by atoms with Crippen LogP contribution in [0, 0.1) is 0 Å². The normalized spacial score (nSPS) is 23.5. The summed E-state index contributed by atoms with van der Waals surface area (Å²) in [6.07, 6.45) is -0.839. The van der Waals surface area contributed by atoms with Crippen LogP contribution in [0.3, 0.4) is 0 Å². The molecule has 0 aliphatic carbocycles. The van der Waals surface area contributed by atoms with E-state index in [1.54, 1.807) is 10.9 Å². The number of ether oxygens (including phenoxy) is 4.